The van der Waals surface area contributed by atoms with Gasteiger partial charge in [-0.25, -0.2) is 4.98 Å². The first kappa shape index (κ1) is 12.2. The Kier molecular flexibility index (Phi) is 2.57. The molecule has 94 valence electrons. The fourth-order valence-corrected chi connectivity index (χ4v) is 1.92. The van der Waals surface area contributed by atoms with Gasteiger partial charge in [0.15, 0.2) is 0 Å². The van der Waals surface area contributed by atoms with E-state index >= 15 is 0 Å². The van der Waals surface area contributed by atoms with Crippen LogP contribution in [0.4, 0.5) is 13.2 Å². The Morgan fingerprint density at radius 1 is 1.41 bits per heavy atom. The van der Waals surface area contributed by atoms with E-state index in [-0.39, 0.29) is 11.9 Å². The number of aromatic nitrogens is 1. The van der Waals surface area contributed by atoms with Crippen molar-refractivity contribution in [1.82, 2.24) is 4.98 Å². The quantitative estimate of drug-likeness (QED) is 0.765. The van der Waals surface area contributed by atoms with Crippen LogP contribution in [0.5, 0.6) is 5.88 Å². The van der Waals surface area contributed by atoms with Gasteiger partial charge in [-0.2, -0.15) is 13.2 Å². The molecular weight excluding hydrogens is 233 g/mol. The molecule has 0 saturated carbocycles. The molecule has 0 aliphatic carbocycles. The van der Waals surface area contributed by atoms with Crippen LogP contribution in [-0.2, 0) is 6.18 Å². The van der Waals surface area contributed by atoms with Gasteiger partial charge in [0, 0.05) is 18.0 Å². The van der Waals surface area contributed by atoms with Crippen LogP contribution in [0, 0.1) is 0 Å². The number of pyridine rings is 1. The molecule has 2 heterocycles. The highest BCUT2D eigenvalue weighted by Gasteiger charge is 2.37. The first-order chi connectivity index (χ1) is 7.69. The summed E-state index contributed by atoms with van der Waals surface area (Å²) in [7, 11) is 0. The van der Waals surface area contributed by atoms with E-state index in [0.29, 0.717) is 12.0 Å². The molecule has 17 heavy (non-hydrogen) atoms. The van der Waals surface area contributed by atoms with Crippen molar-refractivity contribution in [3.8, 4) is 5.88 Å². The van der Waals surface area contributed by atoms with Gasteiger partial charge >= 0.3 is 6.18 Å². The minimum Gasteiger partial charge on any atom is -0.471 e. The Morgan fingerprint density at radius 3 is 2.65 bits per heavy atom. The Hall–Kier alpha value is -1.30. The maximum absolute atomic E-state index is 12.5. The fourth-order valence-electron chi connectivity index (χ4n) is 1.92. The molecule has 0 unspecified atom stereocenters. The molecule has 2 N–H and O–H groups in total. The monoisotopic (exact) mass is 246 g/mol. The summed E-state index contributed by atoms with van der Waals surface area (Å²) in [6.07, 6.45) is -3.92. The van der Waals surface area contributed by atoms with Crippen LogP contribution in [0.25, 0.3) is 0 Å². The second-order valence-electron chi connectivity index (χ2n) is 4.76. The molecule has 1 aliphatic heterocycles. The molecule has 0 bridgehead atoms. The fraction of sp³-hybridized carbons (Fsp3) is 0.545. The Labute approximate surface area is 96.8 Å². The molecule has 3 nitrogen and oxygen atoms in total. The topological polar surface area (TPSA) is 48.1 Å². The van der Waals surface area contributed by atoms with Crippen LogP contribution >= 0.6 is 0 Å². The van der Waals surface area contributed by atoms with E-state index in [9.17, 15) is 13.2 Å². The summed E-state index contributed by atoms with van der Waals surface area (Å²) >= 11 is 0. The van der Waals surface area contributed by atoms with E-state index < -0.39 is 17.5 Å². The van der Waals surface area contributed by atoms with Crippen molar-refractivity contribution in [2.45, 2.75) is 38.1 Å². The lowest BCUT2D eigenvalue weighted by molar-refractivity contribution is -0.141. The van der Waals surface area contributed by atoms with Gasteiger partial charge in [0.2, 0.25) is 5.88 Å². The molecule has 0 spiro atoms. The Morgan fingerprint density at radius 2 is 2.06 bits per heavy atom. The number of ether oxygens (including phenoxy) is 1. The number of hydrogen-bond acceptors (Lipinski definition) is 3. The van der Waals surface area contributed by atoms with Crippen molar-refractivity contribution in [3.05, 3.63) is 23.4 Å². The third-order valence-electron chi connectivity index (χ3n) is 2.66. The van der Waals surface area contributed by atoms with Crippen molar-refractivity contribution in [2.75, 3.05) is 0 Å². The SMILES string of the molecule is CC1(C)C[C@H](N)c2ccc(C(F)(F)F)nc2O1. The molecule has 0 saturated heterocycles. The standard InChI is InChI=1S/C11H13F3N2O/c1-10(2)5-7(15)6-3-4-8(11(12,13)14)16-9(6)17-10/h3-4,7H,5,15H2,1-2H3/t7-/m0/s1. The Bertz CT molecular complexity index is 443. The van der Waals surface area contributed by atoms with Gasteiger partial charge in [-0.05, 0) is 26.0 Å². The molecule has 6 heteroatoms. The number of alkyl halides is 3. The van der Waals surface area contributed by atoms with E-state index in [1.807, 2.05) is 0 Å². The smallest absolute Gasteiger partial charge is 0.433 e. The lowest BCUT2D eigenvalue weighted by Crippen LogP contribution is -2.38. The number of nitrogens with two attached hydrogens (primary N) is 1. The Balaban J connectivity index is 2.45. The average Bonchev–Trinajstić information content (AvgIpc) is 2.13. The van der Waals surface area contributed by atoms with Gasteiger partial charge in [0.1, 0.15) is 11.3 Å². The summed E-state index contributed by atoms with van der Waals surface area (Å²) in [5.74, 6) is -0.0106. The van der Waals surface area contributed by atoms with Crippen LogP contribution in [0.2, 0.25) is 0 Å². The molecule has 1 aromatic rings. The van der Waals surface area contributed by atoms with Crippen LogP contribution < -0.4 is 10.5 Å². The van der Waals surface area contributed by atoms with Gasteiger partial charge < -0.3 is 10.5 Å². The zero-order valence-corrected chi connectivity index (χ0v) is 9.51. The highest BCUT2D eigenvalue weighted by Crippen LogP contribution is 2.39. The van der Waals surface area contributed by atoms with Crippen molar-refractivity contribution in [2.24, 2.45) is 5.73 Å². The third-order valence-corrected chi connectivity index (χ3v) is 2.66. The molecule has 1 aliphatic rings. The molecule has 0 aromatic carbocycles. The van der Waals surface area contributed by atoms with Gasteiger partial charge in [-0.15, -0.1) is 0 Å². The molecule has 0 radical (unpaired) electrons. The van der Waals surface area contributed by atoms with Gasteiger partial charge in [-0.3, -0.25) is 0 Å². The second-order valence-corrected chi connectivity index (χ2v) is 4.76. The number of halogens is 3. The van der Waals surface area contributed by atoms with E-state index in [4.69, 9.17) is 10.5 Å². The van der Waals surface area contributed by atoms with E-state index in [1.54, 1.807) is 13.8 Å². The zero-order valence-electron chi connectivity index (χ0n) is 9.51. The predicted molar refractivity (Wildman–Crippen MR) is 55.5 cm³/mol. The van der Waals surface area contributed by atoms with Crippen molar-refractivity contribution in [1.29, 1.82) is 0 Å². The molecule has 1 aromatic heterocycles. The third kappa shape index (κ3) is 2.36. The average molecular weight is 246 g/mol. The van der Waals surface area contributed by atoms with Crippen molar-refractivity contribution >= 4 is 0 Å². The molecule has 0 amide bonds. The summed E-state index contributed by atoms with van der Waals surface area (Å²) in [4.78, 5) is 3.50. The van der Waals surface area contributed by atoms with E-state index in [1.165, 1.54) is 6.07 Å². The molecule has 0 fully saturated rings. The molecule has 2 rings (SSSR count). The zero-order chi connectivity index (χ0) is 12.8. The highest BCUT2D eigenvalue weighted by molar-refractivity contribution is 5.34. The van der Waals surface area contributed by atoms with Gasteiger partial charge in [0.25, 0.3) is 0 Å². The van der Waals surface area contributed by atoms with Crippen molar-refractivity contribution < 1.29 is 17.9 Å². The highest BCUT2D eigenvalue weighted by atomic mass is 19.4. The first-order valence-electron chi connectivity index (χ1n) is 5.22. The van der Waals surface area contributed by atoms with Crippen LogP contribution in [0.3, 0.4) is 0 Å². The van der Waals surface area contributed by atoms with Gasteiger partial charge in [0.05, 0.1) is 0 Å². The van der Waals surface area contributed by atoms with E-state index in [0.717, 1.165) is 6.07 Å². The maximum atomic E-state index is 12.5. The van der Waals surface area contributed by atoms with Crippen molar-refractivity contribution in [3.63, 3.8) is 0 Å². The van der Waals surface area contributed by atoms with Crippen LogP contribution in [-0.4, -0.2) is 10.6 Å². The normalized spacial score (nSPS) is 22.8. The van der Waals surface area contributed by atoms with Gasteiger partial charge in [-0.1, -0.05) is 0 Å². The number of fused-ring (bicyclic) bond motifs is 1. The predicted octanol–water partition coefficient (Wildman–Crippen LogP) is 2.66. The lowest BCUT2D eigenvalue weighted by Gasteiger charge is -2.35. The number of rotatable bonds is 0. The number of nitrogens with zero attached hydrogens (tertiary/aromatic N) is 1. The summed E-state index contributed by atoms with van der Waals surface area (Å²) in [6, 6.07) is 1.93. The second kappa shape index (κ2) is 3.60. The minimum absolute atomic E-state index is 0.0106. The molecular formula is C11H13F3N2O. The number of hydrogen-bond donors (Lipinski definition) is 1. The molecule has 1 atom stereocenters. The van der Waals surface area contributed by atoms with Crippen LogP contribution in [0.15, 0.2) is 12.1 Å². The summed E-state index contributed by atoms with van der Waals surface area (Å²) in [5, 5.41) is 0. The summed E-state index contributed by atoms with van der Waals surface area (Å²) in [5.41, 5.74) is 4.85. The summed E-state index contributed by atoms with van der Waals surface area (Å²) < 4.78 is 42.9. The minimum atomic E-state index is -4.47. The largest absolute Gasteiger partial charge is 0.471 e. The van der Waals surface area contributed by atoms with E-state index in [2.05, 4.69) is 4.98 Å². The first-order valence-corrected chi connectivity index (χ1v) is 5.22. The van der Waals surface area contributed by atoms with Crippen LogP contribution in [0.1, 0.15) is 37.6 Å². The summed E-state index contributed by atoms with van der Waals surface area (Å²) in [6.45, 7) is 3.55. The lowest BCUT2D eigenvalue weighted by atomic mass is 9.92. The maximum Gasteiger partial charge on any atom is 0.433 e.